The maximum Gasteiger partial charge on any atom is 0.319 e. The molecule has 0 spiro atoms. The molecule has 48 heavy (non-hydrogen) atoms. The molecule has 2 aliphatic rings. The van der Waals surface area contributed by atoms with Crippen molar-refractivity contribution in [2.24, 2.45) is 0 Å². The number of urea groups is 1. The molecule has 0 bridgehead atoms. The molecule has 2 amide bonds. The topological polar surface area (TPSA) is 92.3 Å². The van der Waals surface area contributed by atoms with Gasteiger partial charge < -0.3 is 30.0 Å². The number of rotatable bonds is 13. The van der Waals surface area contributed by atoms with Crippen LogP contribution in [0.4, 0.5) is 10.5 Å². The highest BCUT2D eigenvalue weighted by molar-refractivity contribution is 5.89. The van der Waals surface area contributed by atoms with Crippen LogP contribution in [0.1, 0.15) is 66.8 Å². The SMILES string of the molecule is C=CCN(CC1CC(c2ccc(CO)cc2)OC(c2ccc(CNC(=O)Nc3ccc(Oc4ccccc4)cc3)cc2)O1)C1CCCC1. The zero-order valence-electron chi connectivity index (χ0n) is 27.3. The summed E-state index contributed by atoms with van der Waals surface area (Å²) in [6, 6.07) is 33.1. The van der Waals surface area contributed by atoms with E-state index >= 15 is 0 Å². The van der Waals surface area contributed by atoms with Gasteiger partial charge in [0.25, 0.3) is 0 Å². The van der Waals surface area contributed by atoms with E-state index in [1.165, 1.54) is 25.7 Å². The minimum absolute atomic E-state index is 0.0125. The van der Waals surface area contributed by atoms with Gasteiger partial charge in [-0.3, -0.25) is 4.90 Å². The monoisotopic (exact) mass is 647 g/mol. The van der Waals surface area contributed by atoms with Gasteiger partial charge in [0.05, 0.1) is 18.8 Å². The first-order valence-electron chi connectivity index (χ1n) is 16.9. The Bertz CT molecular complexity index is 1590. The fourth-order valence-corrected chi connectivity index (χ4v) is 6.48. The lowest BCUT2D eigenvalue weighted by atomic mass is 9.99. The molecule has 3 N–H and O–H groups in total. The third-order valence-electron chi connectivity index (χ3n) is 9.05. The van der Waals surface area contributed by atoms with Crippen molar-refractivity contribution in [2.45, 2.75) is 69.8 Å². The van der Waals surface area contributed by atoms with E-state index in [-0.39, 0.29) is 24.8 Å². The van der Waals surface area contributed by atoms with Crippen molar-refractivity contribution in [1.29, 1.82) is 0 Å². The van der Waals surface area contributed by atoms with Crippen LogP contribution in [0, 0.1) is 0 Å². The molecular weight excluding hydrogens is 602 g/mol. The second-order valence-corrected chi connectivity index (χ2v) is 12.5. The zero-order valence-corrected chi connectivity index (χ0v) is 27.3. The molecule has 8 nitrogen and oxygen atoms in total. The van der Waals surface area contributed by atoms with Gasteiger partial charge in [-0.1, -0.05) is 85.6 Å². The standard InChI is InChI=1S/C40H45N3O5/c1-2-24-43(34-8-6-7-9-34)27-37-25-38(31-16-14-30(28-44)15-17-31)48-39(47-37)32-18-12-29(13-19-32)26-41-40(45)42-33-20-22-36(23-21-33)46-35-10-4-3-5-11-35/h2-5,10-23,34,37-39,44H,1,6-9,24-28H2,(H2,41,42,45). The molecule has 0 radical (unpaired) electrons. The number of anilines is 1. The molecule has 250 valence electrons. The molecule has 6 rings (SSSR count). The van der Waals surface area contributed by atoms with E-state index < -0.39 is 6.29 Å². The molecule has 1 aliphatic heterocycles. The first kappa shape index (κ1) is 33.4. The quantitative estimate of drug-likeness (QED) is 0.127. The highest BCUT2D eigenvalue weighted by atomic mass is 16.7. The first-order valence-corrected chi connectivity index (χ1v) is 16.9. The van der Waals surface area contributed by atoms with Crippen LogP contribution in [0.25, 0.3) is 0 Å². The minimum Gasteiger partial charge on any atom is -0.457 e. The molecule has 3 unspecified atom stereocenters. The zero-order chi connectivity index (χ0) is 33.1. The predicted octanol–water partition coefficient (Wildman–Crippen LogP) is 8.27. The molecule has 1 aliphatic carbocycles. The van der Waals surface area contributed by atoms with Gasteiger partial charge in [0.1, 0.15) is 11.5 Å². The Balaban J connectivity index is 1.06. The number of ether oxygens (including phenoxy) is 3. The van der Waals surface area contributed by atoms with Crippen LogP contribution in [-0.4, -0.2) is 41.3 Å². The maximum absolute atomic E-state index is 12.6. The van der Waals surface area contributed by atoms with E-state index in [9.17, 15) is 9.90 Å². The molecule has 0 aromatic heterocycles. The summed E-state index contributed by atoms with van der Waals surface area (Å²) in [6.07, 6.45) is 7.04. The lowest BCUT2D eigenvalue weighted by Gasteiger charge is -2.39. The van der Waals surface area contributed by atoms with E-state index in [4.69, 9.17) is 14.2 Å². The predicted molar refractivity (Wildman–Crippen MR) is 188 cm³/mol. The lowest BCUT2D eigenvalue weighted by Crippen LogP contribution is -2.43. The fraction of sp³-hybridized carbons (Fsp3) is 0.325. The summed E-state index contributed by atoms with van der Waals surface area (Å²) in [5.41, 5.74) is 4.51. The van der Waals surface area contributed by atoms with Gasteiger partial charge in [-0.05, 0) is 65.9 Å². The number of aliphatic hydroxyl groups excluding tert-OH is 1. The third kappa shape index (κ3) is 9.11. The average molecular weight is 648 g/mol. The number of nitrogens with zero attached hydrogens (tertiary/aromatic N) is 1. The number of aliphatic hydroxyl groups is 1. The summed E-state index contributed by atoms with van der Waals surface area (Å²) < 4.78 is 19.0. The van der Waals surface area contributed by atoms with Crippen molar-refractivity contribution in [3.05, 3.63) is 138 Å². The highest BCUT2D eigenvalue weighted by Crippen LogP contribution is 2.39. The molecule has 2 fully saturated rings. The molecule has 1 heterocycles. The molecule has 1 saturated heterocycles. The van der Waals surface area contributed by atoms with E-state index in [1.807, 2.05) is 109 Å². The van der Waals surface area contributed by atoms with E-state index in [0.717, 1.165) is 47.5 Å². The molecular formula is C40H45N3O5. The molecule has 1 saturated carbocycles. The molecule has 4 aromatic rings. The van der Waals surface area contributed by atoms with Crippen molar-refractivity contribution in [3.8, 4) is 11.5 Å². The Kier molecular flexibility index (Phi) is 11.5. The Labute approximate surface area is 283 Å². The molecule has 4 aromatic carbocycles. The first-order chi connectivity index (χ1) is 23.6. The summed E-state index contributed by atoms with van der Waals surface area (Å²) in [5.74, 6) is 1.45. The number of carbonyl (C=O) groups is 1. The second kappa shape index (κ2) is 16.6. The lowest BCUT2D eigenvalue weighted by molar-refractivity contribution is -0.253. The normalized spacial score (nSPS) is 19.6. The number of para-hydroxylation sites is 1. The van der Waals surface area contributed by atoms with Crippen LogP contribution in [0.3, 0.4) is 0 Å². The van der Waals surface area contributed by atoms with Gasteiger partial charge in [-0.15, -0.1) is 6.58 Å². The number of nitrogens with one attached hydrogen (secondary N) is 2. The molecule has 3 atom stereocenters. The third-order valence-corrected chi connectivity index (χ3v) is 9.05. The highest BCUT2D eigenvalue weighted by Gasteiger charge is 2.34. The minimum atomic E-state index is -0.528. The van der Waals surface area contributed by atoms with Crippen molar-refractivity contribution >= 4 is 11.7 Å². The summed E-state index contributed by atoms with van der Waals surface area (Å²) in [5, 5.41) is 15.3. The van der Waals surface area contributed by atoms with Crippen molar-refractivity contribution in [2.75, 3.05) is 18.4 Å². The van der Waals surface area contributed by atoms with Gasteiger partial charge in [0.2, 0.25) is 0 Å². The summed E-state index contributed by atoms with van der Waals surface area (Å²) >= 11 is 0. The Hall–Kier alpha value is -4.47. The molecule has 8 heteroatoms. The Morgan fingerprint density at radius 2 is 1.52 bits per heavy atom. The van der Waals surface area contributed by atoms with Crippen molar-refractivity contribution in [1.82, 2.24) is 10.2 Å². The smallest absolute Gasteiger partial charge is 0.319 e. The number of hydrogen-bond acceptors (Lipinski definition) is 6. The van der Waals surface area contributed by atoms with Gasteiger partial charge in [-0.25, -0.2) is 4.79 Å². The van der Waals surface area contributed by atoms with Crippen LogP contribution in [0.5, 0.6) is 11.5 Å². The van der Waals surface area contributed by atoms with Crippen LogP contribution in [-0.2, 0) is 22.6 Å². The largest absolute Gasteiger partial charge is 0.457 e. The number of amides is 2. The van der Waals surface area contributed by atoms with E-state index in [2.05, 4.69) is 22.1 Å². The second-order valence-electron chi connectivity index (χ2n) is 12.5. The van der Waals surface area contributed by atoms with Gasteiger partial charge in [-0.2, -0.15) is 0 Å². The van der Waals surface area contributed by atoms with E-state index in [0.29, 0.717) is 24.0 Å². The average Bonchev–Trinajstić information content (AvgIpc) is 3.67. The maximum atomic E-state index is 12.6. The fourth-order valence-electron chi connectivity index (χ4n) is 6.48. The Morgan fingerprint density at radius 1 is 0.854 bits per heavy atom. The van der Waals surface area contributed by atoms with Crippen molar-refractivity contribution < 1.29 is 24.1 Å². The van der Waals surface area contributed by atoms with Crippen LogP contribution < -0.4 is 15.4 Å². The van der Waals surface area contributed by atoms with E-state index in [1.54, 1.807) is 0 Å². The summed E-state index contributed by atoms with van der Waals surface area (Å²) in [7, 11) is 0. The van der Waals surface area contributed by atoms with Crippen LogP contribution in [0.15, 0.2) is 116 Å². The number of benzene rings is 4. The van der Waals surface area contributed by atoms with Crippen LogP contribution >= 0.6 is 0 Å². The summed E-state index contributed by atoms with van der Waals surface area (Å²) in [6.45, 7) is 6.06. The van der Waals surface area contributed by atoms with Gasteiger partial charge >= 0.3 is 6.03 Å². The number of carbonyl (C=O) groups excluding carboxylic acids is 1. The number of hydrogen-bond donors (Lipinski definition) is 3. The van der Waals surface area contributed by atoms with Crippen LogP contribution in [0.2, 0.25) is 0 Å². The van der Waals surface area contributed by atoms with Gasteiger partial charge in [0.15, 0.2) is 6.29 Å². The Morgan fingerprint density at radius 3 is 2.21 bits per heavy atom. The summed E-state index contributed by atoms with van der Waals surface area (Å²) in [4.78, 5) is 15.2. The van der Waals surface area contributed by atoms with Gasteiger partial charge in [0, 0.05) is 43.3 Å². The van der Waals surface area contributed by atoms with Crippen molar-refractivity contribution in [3.63, 3.8) is 0 Å².